The Morgan fingerprint density at radius 3 is 2.29 bits per heavy atom. The monoisotopic (exact) mass is 292 g/mol. The summed E-state index contributed by atoms with van der Waals surface area (Å²) in [5, 5.41) is 0. The maximum atomic E-state index is 11.9. The molecule has 0 amide bonds. The molecule has 0 fully saturated rings. The number of hydrogen-bond acceptors (Lipinski definition) is 4. The molecule has 1 rings (SSSR count). The Balaban J connectivity index is 3.04. The molecule has 1 aromatic carbocycles. The van der Waals surface area contributed by atoms with Gasteiger partial charge in [-0.2, -0.15) is 0 Å². The van der Waals surface area contributed by atoms with Crippen molar-refractivity contribution in [2.45, 2.75) is 40.2 Å². The maximum absolute atomic E-state index is 11.9. The van der Waals surface area contributed by atoms with Gasteiger partial charge < -0.3 is 14.2 Å². The molecule has 116 valence electrons. The van der Waals surface area contributed by atoms with Crippen LogP contribution in [0.3, 0.4) is 0 Å². The van der Waals surface area contributed by atoms with Gasteiger partial charge in [0.1, 0.15) is 5.75 Å². The van der Waals surface area contributed by atoms with Crippen molar-refractivity contribution in [3.8, 4) is 5.75 Å². The van der Waals surface area contributed by atoms with Crippen molar-refractivity contribution in [1.82, 2.24) is 0 Å². The van der Waals surface area contributed by atoms with Gasteiger partial charge in [-0.25, -0.2) is 4.79 Å². The summed E-state index contributed by atoms with van der Waals surface area (Å²) in [6, 6.07) is 3.97. The lowest BCUT2D eigenvalue weighted by atomic mass is 10.0. The number of carbonyl (C=O) groups excluding carboxylic acids is 1. The van der Waals surface area contributed by atoms with Crippen molar-refractivity contribution < 1.29 is 19.0 Å². The van der Waals surface area contributed by atoms with E-state index in [2.05, 4.69) is 0 Å². The second kappa shape index (κ2) is 7.16. The predicted molar refractivity (Wildman–Crippen MR) is 83.3 cm³/mol. The van der Waals surface area contributed by atoms with Crippen LogP contribution in [0.15, 0.2) is 18.4 Å². The molecule has 0 aliphatic carbocycles. The minimum absolute atomic E-state index is 0.338. The van der Waals surface area contributed by atoms with Crippen molar-refractivity contribution in [3.63, 3.8) is 0 Å². The fourth-order valence-corrected chi connectivity index (χ4v) is 1.99. The van der Waals surface area contributed by atoms with E-state index in [1.54, 1.807) is 34.1 Å². The van der Waals surface area contributed by atoms with Crippen LogP contribution in [0.1, 0.15) is 37.5 Å². The Morgan fingerprint density at radius 1 is 1.24 bits per heavy atom. The van der Waals surface area contributed by atoms with Gasteiger partial charge in [0.25, 0.3) is 0 Å². The predicted octanol–water partition coefficient (Wildman–Crippen LogP) is 3.64. The van der Waals surface area contributed by atoms with Crippen LogP contribution in [0.5, 0.6) is 5.75 Å². The highest BCUT2D eigenvalue weighted by molar-refractivity contribution is 5.79. The Labute approximate surface area is 126 Å². The molecule has 0 saturated carbocycles. The van der Waals surface area contributed by atoms with Crippen molar-refractivity contribution >= 4 is 12.0 Å². The lowest BCUT2D eigenvalue weighted by Crippen LogP contribution is -2.40. The van der Waals surface area contributed by atoms with E-state index in [4.69, 9.17) is 14.2 Å². The van der Waals surface area contributed by atoms with Crippen LogP contribution in [0, 0.1) is 13.8 Å². The van der Waals surface area contributed by atoms with E-state index < -0.39 is 5.60 Å². The molecule has 0 atom stereocenters. The minimum atomic E-state index is -1.02. The Kier molecular flexibility index (Phi) is 5.82. The van der Waals surface area contributed by atoms with Gasteiger partial charge in [0.05, 0.1) is 20.0 Å². The molecule has 1 aromatic rings. The first-order valence-corrected chi connectivity index (χ1v) is 6.98. The summed E-state index contributed by atoms with van der Waals surface area (Å²) in [4.78, 5) is 11.9. The lowest BCUT2D eigenvalue weighted by Gasteiger charge is -2.26. The fraction of sp³-hybridized carbons (Fsp3) is 0.471. The molecule has 0 aromatic heterocycles. The van der Waals surface area contributed by atoms with E-state index in [9.17, 15) is 4.79 Å². The van der Waals surface area contributed by atoms with Crippen molar-refractivity contribution in [2.75, 3.05) is 13.7 Å². The van der Waals surface area contributed by atoms with Gasteiger partial charge in [0, 0.05) is 0 Å². The average Bonchev–Trinajstić information content (AvgIpc) is 2.41. The molecule has 0 aliphatic rings. The van der Waals surface area contributed by atoms with E-state index in [0.717, 1.165) is 16.7 Å². The first-order valence-electron chi connectivity index (χ1n) is 6.98. The first kappa shape index (κ1) is 17.1. The van der Waals surface area contributed by atoms with Gasteiger partial charge in [0.2, 0.25) is 0 Å². The van der Waals surface area contributed by atoms with Gasteiger partial charge >= 0.3 is 5.97 Å². The summed E-state index contributed by atoms with van der Waals surface area (Å²) in [6.07, 6.45) is 3.50. The number of methoxy groups -OCH3 is 1. The molecule has 4 nitrogen and oxygen atoms in total. The molecule has 4 heteroatoms. The molecule has 0 unspecified atom stereocenters. The second-order valence-electron chi connectivity index (χ2n) is 5.36. The average molecular weight is 292 g/mol. The third-order valence-electron chi connectivity index (χ3n) is 3.00. The summed E-state index contributed by atoms with van der Waals surface area (Å²) >= 11 is 0. The number of benzene rings is 1. The molecule has 0 spiro atoms. The van der Waals surface area contributed by atoms with Gasteiger partial charge in [-0.15, -0.1) is 0 Å². The van der Waals surface area contributed by atoms with Gasteiger partial charge in [-0.3, -0.25) is 0 Å². The summed E-state index contributed by atoms with van der Waals surface area (Å²) in [6.45, 7) is 9.44. The Hall–Kier alpha value is -1.97. The van der Waals surface area contributed by atoms with Gasteiger partial charge in [-0.05, 0) is 69.5 Å². The third-order valence-corrected chi connectivity index (χ3v) is 3.00. The fourth-order valence-electron chi connectivity index (χ4n) is 1.99. The Bertz CT molecular complexity index is 507. The van der Waals surface area contributed by atoms with E-state index in [1.165, 1.54) is 0 Å². The maximum Gasteiger partial charge on any atom is 0.349 e. The normalized spacial score (nSPS) is 11.5. The summed E-state index contributed by atoms with van der Waals surface area (Å²) in [5.41, 5.74) is 1.93. The van der Waals surface area contributed by atoms with Crippen LogP contribution in [-0.4, -0.2) is 25.3 Å². The highest BCUT2D eigenvalue weighted by atomic mass is 16.6. The zero-order chi connectivity index (χ0) is 16.0. The Morgan fingerprint density at radius 2 is 1.81 bits per heavy atom. The molecular formula is C17H24O4. The molecule has 0 radical (unpaired) electrons. The highest BCUT2D eigenvalue weighted by Crippen LogP contribution is 2.29. The van der Waals surface area contributed by atoms with E-state index in [0.29, 0.717) is 12.4 Å². The smallest absolute Gasteiger partial charge is 0.349 e. The standard InChI is InChI=1S/C17H24O4/c1-7-20-16(18)17(4,5)21-15-12(2)10-14(8-9-19-6)11-13(15)3/h8-11H,7H2,1-6H3/b9-8+. The van der Waals surface area contributed by atoms with Crippen LogP contribution in [0.25, 0.3) is 6.08 Å². The quantitative estimate of drug-likeness (QED) is 0.593. The van der Waals surface area contributed by atoms with Crippen LogP contribution >= 0.6 is 0 Å². The molecule has 0 saturated heterocycles. The summed E-state index contributed by atoms with van der Waals surface area (Å²) in [7, 11) is 1.61. The minimum Gasteiger partial charge on any atom is -0.504 e. The summed E-state index contributed by atoms with van der Waals surface area (Å²) < 4.78 is 15.9. The molecule has 0 bridgehead atoms. The van der Waals surface area contributed by atoms with Crippen molar-refractivity contribution in [3.05, 3.63) is 35.1 Å². The van der Waals surface area contributed by atoms with Gasteiger partial charge in [-0.1, -0.05) is 0 Å². The zero-order valence-corrected chi connectivity index (χ0v) is 13.6. The van der Waals surface area contributed by atoms with Crippen molar-refractivity contribution in [2.24, 2.45) is 0 Å². The van der Waals surface area contributed by atoms with Crippen LogP contribution < -0.4 is 4.74 Å². The number of rotatable bonds is 6. The van der Waals surface area contributed by atoms with Crippen LogP contribution in [0.2, 0.25) is 0 Å². The van der Waals surface area contributed by atoms with Crippen molar-refractivity contribution in [1.29, 1.82) is 0 Å². The highest BCUT2D eigenvalue weighted by Gasteiger charge is 2.32. The molecule has 0 aliphatic heterocycles. The number of hydrogen-bond donors (Lipinski definition) is 0. The summed E-state index contributed by atoms with van der Waals surface area (Å²) in [5.74, 6) is 0.342. The number of carbonyl (C=O) groups is 1. The number of ether oxygens (including phenoxy) is 3. The lowest BCUT2D eigenvalue weighted by molar-refractivity contribution is -0.158. The largest absolute Gasteiger partial charge is 0.504 e. The molecule has 21 heavy (non-hydrogen) atoms. The van der Waals surface area contributed by atoms with Crippen LogP contribution in [-0.2, 0) is 14.3 Å². The van der Waals surface area contributed by atoms with E-state index in [-0.39, 0.29) is 5.97 Å². The number of esters is 1. The third kappa shape index (κ3) is 4.52. The first-order chi connectivity index (χ1) is 9.81. The van der Waals surface area contributed by atoms with Crippen LogP contribution in [0.4, 0.5) is 0 Å². The van der Waals surface area contributed by atoms with Gasteiger partial charge in [0.15, 0.2) is 5.60 Å². The molecular weight excluding hydrogens is 268 g/mol. The zero-order valence-electron chi connectivity index (χ0n) is 13.6. The van der Waals surface area contributed by atoms with E-state index >= 15 is 0 Å². The SMILES string of the molecule is CCOC(=O)C(C)(C)Oc1c(C)cc(/C=C/OC)cc1C. The molecule has 0 N–H and O–H groups in total. The van der Waals surface area contributed by atoms with E-state index in [1.807, 2.05) is 32.1 Å². The molecule has 0 heterocycles. The number of aryl methyl sites for hydroxylation is 2. The second-order valence-corrected chi connectivity index (χ2v) is 5.36. The topological polar surface area (TPSA) is 44.8 Å².